The minimum absolute atomic E-state index is 0.0136. The third kappa shape index (κ3) is 3.29. The Morgan fingerprint density at radius 3 is 2.95 bits per heavy atom. The van der Waals surface area contributed by atoms with Crippen LogP contribution in [0.1, 0.15) is 0 Å². The Balaban J connectivity index is 2.11. The first kappa shape index (κ1) is 14.4. The summed E-state index contributed by atoms with van der Waals surface area (Å²) in [4.78, 5) is 11.8. The zero-order valence-corrected chi connectivity index (χ0v) is 13.1. The van der Waals surface area contributed by atoms with Crippen molar-refractivity contribution in [2.75, 3.05) is 31.7 Å². The van der Waals surface area contributed by atoms with E-state index in [1.54, 1.807) is 0 Å². The van der Waals surface area contributed by atoms with Gasteiger partial charge in [-0.25, -0.2) is 0 Å². The van der Waals surface area contributed by atoms with Crippen LogP contribution >= 0.6 is 26.6 Å². The van der Waals surface area contributed by atoms with Crippen LogP contribution in [0.2, 0.25) is 0 Å². The van der Waals surface area contributed by atoms with Gasteiger partial charge in [0.1, 0.15) is 6.26 Å². The summed E-state index contributed by atoms with van der Waals surface area (Å²) in [7, 11) is 1.99. The van der Waals surface area contributed by atoms with Crippen LogP contribution in [0.5, 0.6) is 0 Å². The van der Waals surface area contributed by atoms with Crippen molar-refractivity contribution in [1.82, 2.24) is 4.31 Å². The number of anilines is 1. The topological polar surface area (TPSA) is 58.6 Å². The van der Waals surface area contributed by atoms with Crippen LogP contribution in [0, 0.1) is 0 Å². The number of furan rings is 1. The second-order valence-electron chi connectivity index (χ2n) is 4.10. The second-order valence-corrected chi connectivity index (χ2v) is 6.77. The predicted molar refractivity (Wildman–Crippen MR) is 84.2 cm³/mol. The van der Waals surface area contributed by atoms with E-state index in [0.29, 0.717) is 22.5 Å². The fourth-order valence-corrected chi connectivity index (χ4v) is 2.25. The standard InChI is InChI=1S/C12H15BrN2O3S/c1-15(19(2)3)5-4-14-10-6-9(16)12-11(18-10)8(13)7-17-12/h6-7,14H,2,4-5H2,1,3H3. The lowest BCUT2D eigenvalue weighted by Gasteiger charge is -2.17. The fourth-order valence-electron chi connectivity index (χ4n) is 1.49. The van der Waals surface area contributed by atoms with Crippen molar-refractivity contribution in [3.05, 3.63) is 27.0 Å². The van der Waals surface area contributed by atoms with E-state index in [0.717, 1.165) is 6.54 Å². The predicted octanol–water partition coefficient (Wildman–Crippen LogP) is 2.74. The molecule has 0 aliphatic rings. The Morgan fingerprint density at radius 2 is 2.26 bits per heavy atom. The van der Waals surface area contributed by atoms with Crippen LogP contribution < -0.4 is 10.7 Å². The molecule has 0 radical (unpaired) electrons. The quantitative estimate of drug-likeness (QED) is 0.843. The van der Waals surface area contributed by atoms with E-state index in [1.165, 1.54) is 12.3 Å². The van der Waals surface area contributed by atoms with Gasteiger partial charge in [-0.1, -0.05) is 5.87 Å². The number of hydrogen-bond acceptors (Lipinski definition) is 5. The first-order valence-corrected chi connectivity index (χ1v) is 8.16. The molecule has 5 nitrogen and oxygen atoms in total. The lowest BCUT2D eigenvalue weighted by molar-refractivity contribution is 0.564. The summed E-state index contributed by atoms with van der Waals surface area (Å²) in [6, 6.07) is 1.40. The number of likely N-dealkylation sites (N-methyl/N-ethyl adjacent to an activating group) is 1. The van der Waals surface area contributed by atoms with Crippen molar-refractivity contribution in [3.63, 3.8) is 0 Å². The lowest BCUT2D eigenvalue weighted by atomic mass is 10.4. The molecule has 0 aliphatic carbocycles. The molecule has 0 aliphatic heterocycles. The number of hydrogen-bond donors (Lipinski definition) is 1. The van der Waals surface area contributed by atoms with E-state index in [1.807, 2.05) is 7.05 Å². The van der Waals surface area contributed by atoms with Gasteiger partial charge in [0.2, 0.25) is 11.0 Å². The van der Waals surface area contributed by atoms with Crippen LogP contribution in [0.3, 0.4) is 0 Å². The number of halogens is 1. The molecule has 0 amide bonds. The molecule has 2 heterocycles. The van der Waals surface area contributed by atoms with Crippen molar-refractivity contribution >= 4 is 49.5 Å². The largest absolute Gasteiger partial charge is 0.456 e. The summed E-state index contributed by atoms with van der Waals surface area (Å²) in [6.45, 7) is 1.49. The second kappa shape index (κ2) is 5.94. The van der Waals surface area contributed by atoms with Gasteiger partial charge >= 0.3 is 0 Å². The Kier molecular flexibility index (Phi) is 4.49. The SMILES string of the molecule is C=S(C)N(C)CCNc1cc(=O)c2occ(Br)c2o1. The molecule has 0 saturated carbocycles. The third-order valence-electron chi connectivity index (χ3n) is 2.66. The Morgan fingerprint density at radius 1 is 1.53 bits per heavy atom. The maximum absolute atomic E-state index is 11.8. The van der Waals surface area contributed by atoms with Gasteiger partial charge in [0.25, 0.3) is 0 Å². The highest BCUT2D eigenvalue weighted by Crippen LogP contribution is 2.25. The molecule has 1 unspecified atom stereocenters. The molecule has 0 fully saturated rings. The van der Waals surface area contributed by atoms with Crippen LogP contribution in [0.15, 0.2) is 30.4 Å². The summed E-state index contributed by atoms with van der Waals surface area (Å²) < 4.78 is 13.4. The molecule has 2 aromatic rings. The molecule has 0 bridgehead atoms. The number of rotatable bonds is 5. The van der Waals surface area contributed by atoms with Crippen molar-refractivity contribution < 1.29 is 8.83 Å². The Bertz CT molecular complexity index is 665. The van der Waals surface area contributed by atoms with Gasteiger partial charge in [-0.05, 0) is 29.2 Å². The van der Waals surface area contributed by atoms with Crippen LogP contribution in [-0.4, -0.2) is 36.6 Å². The van der Waals surface area contributed by atoms with Gasteiger partial charge < -0.3 is 14.2 Å². The van der Waals surface area contributed by atoms with E-state index >= 15 is 0 Å². The van der Waals surface area contributed by atoms with E-state index in [-0.39, 0.29) is 21.7 Å². The van der Waals surface area contributed by atoms with Crippen molar-refractivity contribution in [1.29, 1.82) is 0 Å². The monoisotopic (exact) mass is 346 g/mol. The van der Waals surface area contributed by atoms with Crippen LogP contribution in [0.4, 0.5) is 5.88 Å². The van der Waals surface area contributed by atoms with E-state index in [2.05, 4.69) is 37.7 Å². The normalized spacial score (nSPS) is 13.1. The van der Waals surface area contributed by atoms with Gasteiger partial charge in [0, 0.05) is 19.2 Å². The summed E-state index contributed by atoms with van der Waals surface area (Å²) >= 11 is 3.28. The number of nitrogens with one attached hydrogen (secondary N) is 1. The maximum Gasteiger partial charge on any atom is 0.230 e. The minimum atomic E-state index is -0.199. The minimum Gasteiger partial charge on any atom is -0.456 e. The molecule has 0 spiro atoms. The Labute approximate surface area is 121 Å². The van der Waals surface area contributed by atoms with Crippen molar-refractivity contribution in [3.8, 4) is 0 Å². The first-order chi connectivity index (χ1) is 8.99. The fraction of sp³-hybridized carbons (Fsp3) is 0.333. The molecule has 2 aromatic heterocycles. The third-order valence-corrected chi connectivity index (χ3v) is 4.45. The smallest absolute Gasteiger partial charge is 0.230 e. The van der Waals surface area contributed by atoms with Gasteiger partial charge in [-0.3, -0.25) is 9.10 Å². The van der Waals surface area contributed by atoms with Gasteiger partial charge in [0.15, 0.2) is 11.5 Å². The highest BCUT2D eigenvalue weighted by Gasteiger charge is 2.11. The van der Waals surface area contributed by atoms with Gasteiger partial charge in [0.05, 0.1) is 4.47 Å². The lowest BCUT2D eigenvalue weighted by Crippen LogP contribution is -2.20. The average Bonchev–Trinajstić information content (AvgIpc) is 2.71. The zero-order chi connectivity index (χ0) is 14.0. The molecular formula is C12H15BrN2O3S. The van der Waals surface area contributed by atoms with Crippen LogP contribution in [-0.2, 0) is 0 Å². The molecular weight excluding hydrogens is 332 g/mol. The van der Waals surface area contributed by atoms with Gasteiger partial charge in [-0.2, -0.15) is 0 Å². The summed E-state index contributed by atoms with van der Waals surface area (Å²) in [5.41, 5.74) is 0.452. The van der Waals surface area contributed by atoms with Gasteiger partial charge in [-0.15, -0.1) is 10.7 Å². The van der Waals surface area contributed by atoms with E-state index in [4.69, 9.17) is 8.83 Å². The molecule has 104 valence electrons. The molecule has 1 atom stereocenters. The summed E-state index contributed by atoms with van der Waals surface area (Å²) in [5.74, 6) is 4.40. The molecule has 19 heavy (non-hydrogen) atoms. The first-order valence-electron chi connectivity index (χ1n) is 5.60. The Hall–Kier alpha value is -1.05. The van der Waals surface area contributed by atoms with E-state index in [9.17, 15) is 4.79 Å². The maximum atomic E-state index is 11.8. The average molecular weight is 347 g/mol. The van der Waals surface area contributed by atoms with Crippen LogP contribution in [0.25, 0.3) is 11.2 Å². The van der Waals surface area contributed by atoms with Crippen molar-refractivity contribution in [2.45, 2.75) is 0 Å². The molecule has 0 saturated heterocycles. The molecule has 2 rings (SSSR count). The zero-order valence-electron chi connectivity index (χ0n) is 10.7. The summed E-state index contributed by atoms with van der Waals surface area (Å²) in [5, 5.41) is 3.09. The highest BCUT2D eigenvalue weighted by molar-refractivity contribution is 9.10. The highest BCUT2D eigenvalue weighted by atomic mass is 79.9. The van der Waals surface area contributed by atoms with Crippen molar-refractivity contribution in [2.24, 2.45) is 0 Å². The van der Waals surface area contributed by atoms with E-state index < -0.39 is 0 Å². The molecule has 0 aromatic carbocycles. The number of nitrogens with zero attached hydrogens (tertiary/aromatic N) is 1. The number of fused-ring (bicyclic) bond motifs is 1. The summed E-state index contributed by atoms with van der Waals surface area (Å²) in [6.07, 6.45) is 3.49. The molecule has 1 N–H and O–H groups in total. The molecule has 7 heteroatoms.